The zero-order valence-corrected chi connectivity index (χ0v) is 15.3. The number of carbonyl (C=O) groups excluding carboxylic acids is 2. The first-order valence-electron chi connectivity index (χ1n) is 9.34. The van der Waals surface area contributed by atoms with E-state index >= 15 is 0 Å². The minimum Gasteiger partial charge on any atom is -0.368 e. The first-order chi connectivity index (χ1) is 11.9. The molecule has 3 rings (SSSR count). The smallest absolute Gasteiger partial charge is 0.251 e. The van der Waals surface area contributed by atoms with Gasteiger partial charge in [-0.1, -0.05) is 26.0 Å². The highest BCUT2D eigenvalue weighted by atomic mass is 16.2. The van der Waals surface area contributed by atoms with Gasteiger partial charge in [0, 0.05) is 17.5 Å². The van der Waals surface area contributed by atoms with Crippen LogP contribution in [0.4, 0.5) is 0 Å². The minimum atomic E-state index is -0.642. The van der Waals surface area contributed by atoms with Crippen molar-refractivity contribution in [3.05, 3.63) is 35.4 Å². The van der Waals surface area contributed by atoms with E-state index < -0.39 is 11.9 Å². The summed E-state index contributed by atoms with van der Waals surface area (Å²) in [6.45, 7) is 7.30. The van der Waals surface area contributed by atoms with Crippen molar-refractivity contribution in [1.29, 1.82) is 0 Å². The summed E-state index contributed by atoms with van der Waals surface area (Å²) in [4.78, 5) is 26.4. The lowest BCUT2D eigenvalue weighted by molar-refractivity contribution is -0.120. The Morgan fingerprint density at radius 1 is 1.16 bits per heavy atom. The van der Waals surface area contributed by atoms with Gasteiger partial charge in [-0.25, -0.2) is 0 Å². The van der Waals surface area contributed by atoms with Gasteiger partial charge in [-0.2, -0.15) is 0 Å². The van der Waals surface area contributed by atoms with E-state index in [1.165, 1.54) is 44.3 Å². The Hall–Kier alpha value is -1.88. The van der Waals surface area contributed by atoms with Crippen molar-refractivity contribution >= 4 is 11.8 Å². The summed E-state index contributed by atoms with van der Waals surface area (Å²) in [6, 6.07) is 7.25. The summed E-state index contributed by atoms with van der Waals surface area (Å²) in [5.41, 5.74) is 7.56. The van der Waals surface area contributed by atoms with E-state index in [0.717, 1.165) is 6.54 Å². The van der Waals surface area contributed by atoms with Crippen molar-refractivity contribution in [3.8, 4) is 0 Å². The van der Waals surface area contributed by atoms with Crippen LogP contribution in [0.1, 0.15) is 55.5 Å². The molecule has 3 N–H and O–H groups in total. The quantitative estimate of drug-likeness (QED) is 0.796. The normalized spacial score (nSPS) is 20.4. The van der Waals surface area contributed by atoms with Crippen LogP contribution in [0, 0.1) is 5.92 Å². The van der Waals surface area contributed by atoms with E-state index in [1.807, 2.05) is 26.0 Å². The number of amides is 2. The number of benzene rings is 1. The first-order valence-corrected chi connectivity index (χ1v) is 9.34. The third kappa shape index (κ3) is 4.03. The van der Waals surface area contributed by atoms with Gasteiger partial charge in [0.05, 0.1) is 0 Å². The van der Waals surface area contributed by atoms with Crippen LogP contribution in [0.5, 0.6) is 0 Å². The molecule has 1 atom stereocenters. The van der Waals surface area contributed by atoms with E-state index in [4.69, 9.17) is 5.73 Å². The van der Waals surface area contributed by atoms with E-state index in [-0.39, 0.29) is 17.2 Å². The summed E-state index contributed by atoms with van der Waals surface area (Å²) in [7, 11) is 0. The molecule has 1 aliphatic heterocycles. The zero-order chi connectivity index (χ0) is 18.0. The molecule has 0 spiro atoms. The van der Waals surface area contributed by atoms with Crippen LogP contribution in [0.25, 0.3) is 0 Å². The molecule has 1 aromatic carbocycles. The highest BCUT2D eigenvalue weighted by Gasteiger charge is 2.45. The topological polar surface area (TPSA) is 75.4 Å². The molecule has 2 fully saturated rings. The second-order valence-electron chi connectivity index (χ2n) is 7.94. The molecule has 5 heteroatoms. The van der Waals surface area contributed by atoms with Crippen molar-refractivity contribution in [2.24, 2.45) is 11.7 Å². The fourth-order valence-electron chi connectivity index (χ4n) is 3.82. The van der Waals surface area contributed by atoms with Crippen LogP contribution in [0.15, 0.2) is 24.3 Å². The lowest BCUT2D eigenvalue weighted by Gasteiger charge is -2.23. The number of carbonyl (C=O) groups is 2. The molecule has 1 aliphatic carbocycles. The van der Waals surface area contributed by atoms with Crippen molar-refractivity contribution in [2.45, 2.75) is 51.0 Å². The summed E-state index contributed by atoms with van der Waals surface area (Å²) in [6.07, 6.45) is 5.08. The fourth-order valence-corrected chi connectivity index (χ4v) is 3.82. The maximum absolute atomic E-state index is 12.4. The Labute approximate surface area is 150 Å². The number of nitrogens with zero attached hydrogens (tertiary/aromatic N) is 1. The monoisotopic (exact) mass is 343 g/mol. The number of rotatable bonds is 7. The number of nitrogens with two attached hydrogens (primary N) is 1. The van der Waals surface area contributed by atoms with Crippen molar-refractivity contribution in [3.63, 3.8) is 0 Å². The summed E-state index contributed by atoms with van der Waals surface area (Å²) in [5, 5.41) is 2.74. The van der Waals surface area contributed by atoms with E-state index in [0.29, 0.717) is 5.56 Å². The van der Waals surface area contributed by atoms with E-state index in [9.17, 15) is 9.59 Å². The van der Waals surface area contributed by atoms with Crippen LogP contribution >= 0.6 is 0 Å². The Bertz CT molecular complexity index is 629. The molecular weight excluding hydrogens is 314 g/mol. The predicted octanol–water partition coefficient (Wildman–Crippen LogP) is 2.05. The highest BCUT2D eigenvalue weighted by Crippen LogP contribution is 2.49. The SMILES string of the molecule is CC(C)C(NC(=O)c1ccc(C2(CN3CCCC3)CC2)cc1)C(N)=O. The lowest BCUT2D eigenvalue weighted by atomic mass is 9.94. The van der Waals surface area contributed by atoms with Crippen LogP contribution in [-0.4, -0.2) is 42.4 Å². The lowest BCUT2D eigenvalue weighted by Crippen LogP contribution is -2.47. The Morgan fingerprint density at radius 3 is 2.24 bits per heavy atom. The molecule has 25 heavy (non-hydrogen) atoms. The van der Waals surface area contributed by atoms with Gasteiger partial charge in [-0.3, -0.25) is 9.59 Å². The molecule has 1 saturated heterocycles. The van der Waals surface area contributed by atoms with Crippen LogP contribution < -0.4 is 11.1 Å². The van der Waals surface area contributed by atoms with Gasteiger partial charge in [0.25, 0.3) is 5.91 Å². The third-order valence-corrected chi connectivity index (χ3v) is 5.60. The van der Waals surface area contributed by atoms with Gasteiger partial charge in [-0.05, 0) is 62.4 Å². The van der Waals surface area contributed by atoms with Gasteiger partial charge in [0.2, 0.25) is 5.91 Å². The molecular formula is C20H29N3O2. The molecule has 2 aliphatic rings. The van der Waals surface area contributed by atoms with Gasteiger partial charge >= 0.3 is 0 Å². The molecule has 0 bridgehead atoms. The van der Waals surface area contributed by atoms with Gasteiger partial charge < -0.3 is 16.0 Å². The largest absolute Gasteiger partial charge is 0.368 e. The van der Waals surface area contributed by atoms with Crippen molar-refractivity contribution in [2.75, 3.05) is 19.6 Å². The second kappa shape index (κ2) is 7.16. The average Bonchev–Trinajstić information content (AvgIpc) is 3.18. The van der Waals surface area contributed by atoms with E-state index in [2.05, 4.69) is 22.3 Å². The molecule has 2 amide bonds. The van der Waals surface area contributed by atoms with Gasteiger partial charge in [0.1, 0.15) is 6.04 Å². The van der Waals surface area contributed by atoms with Crippen molar-refractivity contribution < 1.29 is 9.59 Å². The fraction of sp³-hybridized carbons (Fsp3) is 0.600. The van der Waals surface area contributed by atoms with Crippen LogP contribution in [-0.2, 0) is 10.2 Å². The molecule has 1 aromatic rings. The second-order valence-corrected chi connectivity index (χ2v) is 7.94. The zero-order valence-electron chi connectivity index (χ0n) is 15.3. The molecule has 5 nitrogen and oxygen atoms in total. The Kier molecular flexibility index (Phi) is 5.13. The van der Waals surface area contributed by atoms with Crippen LogP contribution in [0.2, 0.25) is 0 Å². The Morgan fingerprint density at radius 2 is 1.76 bits per heavy atom. The van der Waals surface area contributed by atoms with Crippen molar-refractivity contribution in [1.82, 2.24) is 10.2 Å². The molecule has 1 unspecified atom stereocenters. The molecule has 0 aromatic heterocycles. The number of likely N-dealkylation sites (tertiary alicyclic amines) is 1. The average molecular weight is 343 g/mol. The maximum atomic E-state index is 12.4. The standard InChI is InChI=1S/C20H29N3O2/c1-14(2)17(18(21)24)22-19(25)15-5-7-16(8-6-15)20(9-10-20)13-23-11-3-4-12-23/h5-8,14,17H,3-4,9-13H2,1-2H3,(H2,21,24)(H,22,25). The number of primary amides is 1. The summed E-state index contributed by atoms with van der Waals surface area (Å²) < 4.78 is 0. The number of hydrogen-bond donors (Lipinski definition) is 2. The van der Waals surface area contributed by atoms with Gasteiger partial charge in [-0.15, -0.1) is 0 Å². The predicted molar refractivity (Wildman–Crippen MR) is 98.3 cm³/mol. The molecule has 1 heterocycles. The maximum Gasteiger partial charge on any atom is 0.251 e. The summed E-state index contributed by atoms with van der Waals surface area (Å²) in [5.74, 6) is -0.771. The number of hydrogen-bond acceptors (Lipinski definition) is 3. The van der Waals surface area contributed by atoms with E-state index in [1.54, 1.807) is 0 Å². The van der Waals surface area contributed by atoms with Gasteiger partial charge in [0.15, 0.2) is 0 Å². The third-order valence-electron chi connectivity index (χ3n) is 5.60. The first kappa shape index (κ1) is 17.9. The Balaban J connectivity index is 1.65. The molecule has 136 valence electrons. The summed E-state index contributed by atoms with van der Waals surface area (Å²) >= 11 is 0. The molecule has 0 radical (unpaired) electrons. The molecule has 1 saturated carbocycles. The number of nitrogens with one attached hydrogen (secondary N) is 1. The highest BCUT2D eigenvalue weighted by molar-refractivity contribution is 5.97. The van der Waals surface area contributed by atoms with Crippen LogP contribution in [0.3, 0.4) is 0 Å². The minimum absolute atomic E-state index is 0.0316.